The number of sulfonamides is 1. The molecule has 0 atom stereocenters. The first kappa shape index (κ1) is 21.8. The summed E-state index contributed by atoms with van der Waals surface area (Å²) >= 11 is 5.43. The fourth-order valence-electron chi connectivity index (χ4n) is 2.73. The monoisotopic (exact) mass is 427 g/mol. The molecule has 2 rings (SSSR count). The van der Waals surface area contributed by atoms with E-state index in [9.17, 15) is 26.4 Å². The second kappa shape index (κ2) is 9.11. The lowest BCUT2D eigenvalue weighted by Crippen LogP contribution is -2.50. The van der Waals surface area contributed by atoms with Crippen molar-refractivity contribution < 1.29 is 26.4 Å². The van der Waals surface area contributed by atoms with Crippen LogP contribution in [0.25, 0.3) is 0 Å². The molecule has 0 spiro atoms. The first-order valence-electron chi connectivity index (χ1n) is 8.36. The van der Waals surface area contributed by atoms with E-state index < -0.39 is 21.8 Å². The van der Waals surface area contributed by atoms with E-state index >= 15 is 0 Å². The van der Waals surface area contributed by atoms with Gasteiger partial charge in [0.15, 0.2) is 0 Å². The Labute approximate surface area is 161 Å². The van der Waals surface area contributed by atoms with Crippen molar-refractivity contribution in [2.24, 2.45) is 0 Å². The van der Waals surface area contributed by atoms with Crippen LogP contribution in [0.15, 0.2) is 24.3 Å². The number of rotatable bonds is 7. The van der Waals surface area contributed by atoms with Crippen LogP contribution in [0.2, 0.25) is 0 Å². The molecule has 1 N–H and O–H groups in total. The lowest BCUT2D eigenvalue weighted by molar-refractivity contribution is -0.137. The maximum atomic E-state index is 12.8. The van der Waals surface area contributed by atoms with E-state index in [0.29, 0.717) is 18.8 Å². The van der Waals surface area contributed by atoms with Gasteiger partial charge in [-0.3, -0.25) is 4.79 Å². The lowest BCUT2D eigenvalue weighted by Gasteiger charge is -2.35. The number of hydrogen-bond acceptors (Lipinski definition) is 4. The van der Waals surface area contributed by atoms with E-state index in [-0.39, 0.29) is 43.6 Å². The minimum absolute atomic E-state index is 0.00804. The number of hydrogen-bond donors (Lipinski definition) is 1. The zero-order valence-corrected chi connectivity index (χ0v) is 16.1. The molecular formula is C16H21ClF3N3O3S. The van der Waals surface area contributed by atoms with E-state index in [2.05, 4.69) is 5.32 Å². The molecule has 0 radical (unpaired) electrons. The van der Waals surface area contributed by atoms with Crippen LogP contribution < -0.4 is 10.2 Å². The summed E-state index contributed by atoms with van der Waals surface area (Å²) in [5.74, 6) is -0.379. The third-order valence-electron chi connectivity index (χ3n) is 4.17. The average Bonchev–Trinajstić information content (AvgIpc) is 2.61. The van der Waals surface area contributed by atoms with Crippen molar-refractivity contribution >= 4 is 33.2 Å². The predicted octanol–water partition coefficient (Wildman–Crippen LogP) is 1.90. The Hall–Kier alpha value is -1.52. The zero-order valence-electron chi connectivity index (χ0n) is 14.5. The number of benzene rings is 1. The standard InChI is InChI=1S/C16H21ClF3N3O3S/c17-5-4-15(24)21-6-11-27(25,26)23-9-7-22(8-10-23)14-3-1-2-13(12-14)16(18,19)20/h1-3,12H,4-11H2,(H,21,24). The van der Waals surface area contributed by atoms with E-state index in [1.165, 1.54) is 10.4 Å². The molecule has 1 amide bonds. The maximum absolute atomic E-state index is 12.8. The molecule has 152 valence electrons. The van der Waals surface area contributed by atoms with Gasteiger partial charge >= 0.3 is 6.18 Å². The van der Waals surface area contributed by atoms with Crippen molar-refractivity contribution in [1.82, 2.24) is 9.62 Å². The molecule has 0 unspecified atom stereocenters. The summed E-state index contributed by atoms with van der Waals surface area (Å²) in [6.07, 6.45) is -4.30. The molecule has 27 heavy (non-hydrogen) atoms. The maximum Gasteiger partial charge on any atom is 0.416 e. The van der Waals surface area contributed by atoms with Crippen LogP contribution >= 0.6 is 11.6 Å². The highest BCUT2D eigenvalue weighted by Gasteiger charge is 2.32. The third-order valence-corrected chi connectivity index (χ3v) is 6.24. The van der Waals surface area contributed by atoms with Crippen LogP contribution in [-0.4, -0.2) is 63.0 Å². The molecule has 1 aliphatic heterocycles. The number of alkyl halides is 4. The zero-order chi connectivity index (χ0) is 20.1. The van der Waals surface area contributed by atoms with Gasteiger partial charge in [-0.2, -0.15) is 17.5 Å². The molecule has 1 heterocycles. The number of piperazine rings is 1. The Morgan fingerprint density at radius 3 is 2.44 bits per heavy atom. The highest BCUT2D eigenvalue weighted by atomic mass is 35.5. The Kier molecular flexibility index (Phi) is 7.35. The fourth-order valence-corrected chi connectivity index (χ4v) is 4.24. The smallest absolute Gasteiger partial charge is 0.369 e. The van der Waals surface area contributed by atoms with Crippen molar-refractivity contribution in [2.75, 3.05) is 49.3 Å². The summed E-state index contributed by atoms with van der Waals surface area (Å²) in [5.41, 5.74) is -0.321. The van der Waals surface area contributed by atoms with Crippen molar-refractivity contribution in [3.05, 3.63) is 29.8 Å². The van der Waals surface area contributed by atoms with Gasteiger partial charge in [0.25, 0.3) is 0 Å². The first-order valence-corrected chi connectivity index (χ1v) is 10.5. The molecule has 11 heteroatoms. The summed E-state index contributed by atoms with van der Waals surface area (Å²) in [5, 5.41) is 2.49. The topological polar surface area (TPSA) is 69.7 Å². The highest BCUT2D eigenvalue weighted by Crippen LogP contribution is 2.31. The van der Waals surface area contributed by atoms with Gasteiger partial charge in [-0.15, -0.1) is 11.6 Å². The van der Waals surface area contributed by atoms with E-state index in [1.54, 1.807) is 11.0 Å². The quantitative estimate of drug-likeness (QED) is 0.675. The normalized spacial score (nSPS) is 16.4. The Morgan fingerprint density at radius 1 is 1.19 bits per heavy atom. The summed E-state index contributed by atoms with van der Waals surface area (Å²) < 4.78 is 64.5. The van der Waals surface area contributed by atoms with Gasteiger partial charge in [-0.05, 0) is 18.2 Å². The van der Waals surface area contributed by atoms with Crippen LogP contribution in [0, 0.1) is 0 Å². The summed E-state index contributed by atoms with van der Waals surface area (Å²) in [7, 11) is -3.55. The molecule has 0 saturated carbocycles. The van der Waals surface area contributed by atoms with Gasteiger partial charge in [0.05, 0.1) is 11.3 Å². The Bertz CT molecular complexity index is 751. The highest BCUT2D eigenvalue weighted by molar-refractivity contribution is 7.89. The molecule has 1 aromatic rings. The molecule has 0 aliphatic carbocycles. The number of halogens is 4. The number of amides is 1. The average molecular weight is 428 g/mol. The van der Waals surface area contributed by atoms with E-state index in [4.69, 9.17) is 11.6 Å². The van der Waals surface area contributed by atoms with Gasteiger partial charge in [0, 0.05) is 50.7 Å². The molecule has 1 fully saturated rings. The number of anilines is 1. The number of nitrogens with one attached hydrogen (secondary N) is 1. The third kappa shape index (κ3) is 6.25. The lowest BCUT2D eigenvalue weighted by atomic mass is 10.1. The van der Waals surface area contributed by atoms with Crippen molar-refractivity contribution in [3.63, 3.8) is 0 Å². The largest absolute Gasteiger partial charge is 0.416 e. The molecule has 1 aliphatic rings. The predicted molar refractivity (Wildman–Crippen MR) is 97.4 cm³/mol. The van der Waals surface area contributed by atoms with Crippen molar-refractivity contribution in [1.29, 1.82) is 0 Å². The molecular weight excluding hydrogens is 407 g/mol. The minimum atomic E-state index is -4.42. The SMILES string of the molecule is O=C(CCCl)NCCS(=O)(=O)N1CCN(c2cccc(C(F)(F)F)c2)CC1. The van der Waals surface area contributed by atoms with E-state index in [1.807, 2.05) is 0 Å². The van der Waals surface area contributed by atoms with Crippen LogP contribution in [-0.2, 0) is 21.0 Å². The number of carbonyl (C=O) groups is 1. The second-order valence-corrected chi connectivity index (χ2v) is 8.51. The number of nitrogens with zero attached hydrogens (tertiary/aromatic N) is 2. The van der Waals surface area contributed by atoms with Gasteiger partial charge in [-0.1, -0.05) is 6.07 Å². The molecule has 6 nitrogen and oxygen atoms in total. The summed E-state index contributed by atoms with van der Waals surface area (Å²) in [6, 6.07) is 4.98. The summed E-state index contributed by atoms with van der Waals surface area (Å²) in [6.45, 7) is 0.923. The van der Waals surface area contributed by atoms with Crippen LogP contribution in [0.4, 0.5) is 18.9 Å². The minimum Gasteiger partial charge on any atom is -0.369 e. The van der Waals surface area contributed by atoms with Crippen LogP contribution in [0.1, 0.15) is 12.0 Å². The molecule has 0 aromatic heterocycles. The first-order chi connectivity index (χ1) is 12.6. The van der Waals surface area contributed by atoms with Crippen LogP contribution in [0.5, 0.6) is 0 Å². The van der Waals surface area contributed by atoms with Crippen molar-refractivity contribution in [2.45, 2.75) is 12.6 Å². The summed E-state index contributed by atoms with van der Waals surface area (Å²) in [4.78, 5) is 13.0. The van der Waals surface area contributed by atoms with Gasteiger partial charge in [-0.25, -0.2) is 8.42 Å². The second-order valence-electron chi connectivity index (χ2n) is 6.04. The van der Waals surface area contributed by atoms with E-state index in [0.717, 1.165) is 12.1 Å². The molecule has 1 saturated heterocycles. The van der Waals surface area contributed by atoms with Gasteiger partial charge < -0.3 is 10.2 Å². The molecule has 0 bridgehead atoms. The fraction of sp³-hybridized carbons (Fsp3) is 0.562. The molecule has 1 aromatic carbocycles. The Morgan fingerprint density at radius 2 is 1.85 bits per heavy atom. The number of carbonyl (C=O) groups excluding carboxylic acids is 1. The van der Waals surface area contributed by atoms with Crippen molar-refractivity contribution in [3.8, 4) is 0 Å². The van der Waals surface area contributed by atoms with Gasteiger partial charge in [0.1, 0.15) is 0 Å². The van der Waals surface area contributed by atoms with Gasteiger partial charge in [0.2, 0.25) is 15.9 Å². The Balaban J connectivity index is 1.90. The van der Waals surface area contributed by atoms with Crippen LogP contribution in [0.3, 0.4) is 0 Å².